The van der Waals surface area contributed by atoms with Crippen LogP contribution in [0.15, 0.2) is 11.6 Å². The zero-order valence-electron chi connectivity index (χ0n) is 20.0. The first kappa shape index (κ1) is 22.8. The molecular formula is C27H46O3. The van der Waals surface area contributed by atoms with Gasteiger partial charge in [-0.25, -0.2) is 0 Å². The molecule has 3 fully saturated rings. The first-order valence-electron chi connectivity index (χ1n) is 12.8. The van der Waals surface area contributed by atoms with E-state index < -0.39 is 0 Å². The monoisotopic (exact) mass is 418 g/mol. The van der Waals surface area contributed by atoms with Crippen LogP contribution in [0.4, 0.5) is 0 Å². The van der Waals surface area contributed by atoms with Crippen molar-refractivity contribution < 1.29 is 15.3 Å². The molecule has 0 saturated heterocycles. The van der Waals surface area contributed by atoms with Crippen LogP contribution in [0.1, 0.15) is 92.4 Å². The van der Waals surface area contributed by atoms with Crippen LogP contribution in [-0.4, -0.2) is 33.6 Å². The Kier molecular flexibility index (Phi) is 6.23. The Morgan fingerprint density at radius 2 is 1.70 bits per heavy atom. The largest absolute Gasteiger partial charge is 0.393 e. The van der Waals surface area contributed by atoms with Crippen LogP contribution in [0.25, 0.3) is 0 Å². The van der Waals surface area contributed by atoms with Crippen LogP contribution < -0.4 is 0 Å². The molecule has 4 aliphatic rings. The first-order chi connectivity index (χ1) is 14.1. The summed E-state index contributed by atoms with van der Waals surface area (Å²) in [6, 6.07) is 0. The molecule has 0 aromatic heterocycles. The van der Waals surface area contributed by atoms with E-state index in [1.54, 1.807) is 0 Å². The van der Waals surface area contributed by atoms with Gasteiger partial charge in [-0.15, -0.1) is 0 Å². The Bertz CT molecular complexity index is 656. The molecule has 3 N–H and O–H groups in total. The summed E-state index contributed by atoms with van der Waals surface area (Å²) in [5, 5.41) is 32.4. The van der Waals surface area contributed by atoms with E-state index in [2.05, 4.69) is 40.7 Å². The highest BCUT2D eigenvalue weighted by molar-refractivity contribution is 5.28. The van der Waals surface area contributed by atoms with Gasteiger partial charge >= 0.3 is 0 Å². The molecule has 3 saturated carbocycles. The summed E-state index contributed by atoms with van der Waals surface area (Å²) >= 11 is 0. The minimum Gasteiger partial charge on any atom is -0.393 e. The van der Waals surface area contributed by atoms with E-state index in [9.17, 15) is 15.3 Å². The average Bonchev–Trinajstić information content (AvgIpc) is 3.04. The van der Waals surface area contributed by atoms with E-state index in [1.165, 1.54) is 31.3 Å². The zero-order chi connectivity index (χ0) is 21.8. The number of fused-ring (bicyclic) bond motifs is 5. The zero-order valence-corrected chi connectivity index (χ0v) is 20.0. The van der Waals surface area contributed by atoms with Gasteiger partial charge in [0, 0.05) is 0 Å². The van der Waals surface area contributed by atoms with E-state index >= 15 is 0 Å². The minimum atomic E-state index is -0.368. The van der Waals surface area contributed by atoms with Crippen LogP contribution in [0, 0.1) is 46.3 Å². The molecule has 0 spiro atoms. The van der Waals surface area contributed by atoms with Crippen molar-refractivity contribution in [3.63, 3.8) is 0 Å². The van der Waals surface area contributed by atoms with Gasteiger partial charge in [0.25, 0.3) is 0 Å². The molecule has 172 valence electrons. The van der Waals surface area contributed by atoms with Crippen molar-refractivity contribution in [1.82, 2.24) is 0 Å². The number of hydrogen-bond donors (Lipinski definition) is 3. The van der Waals surface area contributed by atoms with Crippen LogP contribution in [0.5, 0.6) is 0 Å². The summed E-state index contributed by atoms with van der Waals surface area (Å²) in [5.74, 6) is 2.97. The van der Waals surface area contributed by atoms with Crippen molar-refractivity contribution in [1.29, 1.82) is 0 Å². The van der Waals surface area contributed by atoms with Crippen LogP contribution in [0.3, 0.4) is 0 Å². The van der Waals surface area contributed by atoms with Gasteiger partial charge < -0.3 is 15.3 Å². The van der Waals surface area contributed by atoms with Crippen molar-refractivity contribution in [3.05, 3.63) is 11.6 Å². The Hall–Kier alpha value is -0.380. The fraction of sp³-hybridized carbons (Fsp3) is 0.926. The summed E-state index contributed by atoms with van der Waals surface area (Å²) < 4.78 is 0. The highest BCUT2D eigenvalue weighted by Gasteiger charge is 2.61. The van der Waals surface area contributed by atoms with Gasteiger partial charge in [0.2, 0.25) is 0 Å². The van der Waals surface area contributed by atoms with Crippen molar-refractivity contribution >= 4 is 0 Å². The lowest BCUT2D eigenvalue weighted by molar-refractivity contribution is -0.103. The fourth-order valence-corrected chi connectivity index (χ4v) is 8.57. The molecule has 0 heterocycles. The molecular weight excluding hydrogens is 372 g/mol. The molecule has 0 aromatic rings. The second-order valence-corrected chi connectivity index (χ2v) is 12.4. The Balaban J connectivity index is 1.56. The maximum Gasteiger partial charge on any atom is 0.0757 e. The third kappa shape index (κ3) is 3.61. The van der Waals surface area contributed by atoms with Gasteiger partial charge in [0.15, 0.2) is 0 Å². The predicted octanol–water partition coefficient (Wildman–Crippen LogP) is 5.33. The van der Waals surface area contributed by atoms with E-state index in [4.69, 9.17) is 0 Å². The van der Waals surface area contributed by atoms with Gasteiger partial charge in [0.05, 0.1) is 18.3 Å². The number of aliphatic hydroxyl groups is 3. The van der Waals surface area contributed by atoms with Crippen molar-refractivity contribution in [3.8, 4) is 0 Å². The first-order valence-corrected chi connectivity index (χ1v) is 12.8. The summed E-state index contributed by atoms with van der Waals surface area (Å²) in [4.78, 5) is 0. The minimum absolute atomic E-state index is 0.158. The second kappa shape index (κ2) is 8.19. The number of hydrogen-bond acceptors (Lipinski definition) is 3. The standard InChI is InChI=1S/C27H46O3/c1-16(2)6-9-23(29)17(3)20-7-8-21-25-22(11-13-27(20,21)5)26(4)12-10-19(28)14-18(26)15-24(25)30/h15-17,19-25,28-30H,6-14H2,1-5H3/t17-,19-,20+,21-,22-,23?,24?,25-,26-,27+/m0/s1. The lowest BCUT2D eigenvalue weighted by Gasteiger charge is -2.59. The summed E-state index contributed by atoms with van der Waals surface area (Å²) in [6.07, 6.45) is 10.9. The maximum atomic E-state index is 11.3. The summed E-state index contributed by atoms with van der Waals surface area (Å²) in [7, 11) is 0. The van der Waals surface area contributed by atoms with Gasteiger partial charge in [-0.05, 0) is 104 Å². The molecule has 0 radical (unpaired) electrons. The molecule has 0 bridgehead atoms. The molecule has 0 amide bonds. The smallest absolute Gasteiger partial charge is 0.0757 e. The van der Waals surface area contributed by atoms with Crippen molar-refractivity contribution in [2.75, 3.05) is 0 Å². The van der Waals surface area contributed by atoms with Crippen molar-refractivity contribution in [2.45, 2.75) is 111 Å². The Labute approximate surface area is 184 Å². The molecule has 10 atom stereocenters. The van der Waals surface area contributed by atoms with Gasteiger partial charge in [-0.2, -0.15) is 0 Å². The molecule has 0 aromatic carbocycles. The van der Waals surface area contributed by atoms with Gasteiger partial charge in [0.1, 0.15) is 0 Å². The van der Waals surface area contributed by atoms with E-state index in [0.717, 1.165) is 32.1 Å². The SMILES string of the molecule is CC(C)CCC(O)[C@@H](C)[C@H]1CC[C@H]2[C@@H]3C(O)C=C4C[C@@H](O)CC[C@]4(C)[C@H]3CC[C@]12C. The number of rotatable bonds is 5. The van der Waals surface area contributed by atoms with Crippen LogP contribution >= 0.6 is 0 Å². The third-order valence-corrected chi connectivity index (χ3v) is 10.5. The van der Waals surface area contributed by atoms with Crippen LogP contribution in [0.2, 0.25) is 0 Å². The van der Waals surface area contributed by atoms with Crippen LogP contribution in [-0.2, 0) is 0 Å². The van der Waals surface area contributed by atoms with Gasteiger partial charge in [-0.3, -0.25) is 0 Å². The molecule has 3 nitrogen and oxygen atoms in total. The fourth-order valence-electron chi connectivity index (χ4n) is 8.57. The Morgan fingerprint density at radius 1 is 0.967 bits per heavy atom. The second-order valence-electron chi connectivity index (χ2n) is 12.4. The van der Waals surface area contributed by atoms with E-state index in [0.29, 0.717) is 35.5 Å². The van der Waals surface area contributed by atoms with Crippen molar-refractivity contribution in [2.24, 2.45) is 46.3 Å². The Morgan fingerprint density at radius 3 is 2.40 bits per heavy atom. The maximum absolute atomic E-state index is 11.3. The predicted molar refractivity (Wildman–Crippen MR) is 122 cm³/mol. The molecule has 0 aliphatic heterocycles. The molecule has 4 aliphatic carbocycles. The molecule has 2 unspecified atom stereocenters. The molecule has 30 heavy (non-hydrogen) atoms. The van der Waals surface area contributed by atoms with E-state index in [-0.39, 0.29) is 29.1 Å². The number of aliphatic hydroxyl groups excluding tert-OH is 3. The molecule has 4 rings (SSSR count). The summed E-state index contributed by atoms with van der Waals surface area (Å²) in [6.45, 7) is 11.7. The van der Waals surface area contributed by atoms with E-state index in [1.807, 2.05) is 0 Å². The normalized spacial score (nSPS) is 47.8. The quantitative estimate of drug-likeness (QED) is 0.529. The molecule has 3 heteroatoms. The summed E-state index contributed by atoms with van der Waals surface area (Å²) in [5.41, 5.74) is 1.71. The lowest BCUT2D eigenvalue weighted by Crippen LogP contribution is -2.55. The highest BCUT2D eigenvalue weighted by atomic mass is 16.3. The highest BCUT2D eigenvalue weighted by Crippen LogP contribution is 2.67. The average molecular weight is 419 g/mol. The third-order valence-electron chi connectivity index (χ3n) is 10.5. The topological polar surface area (TPSA) is 60.7 Å². The lowest BCUT2D eigenvalue weighted by atomic mass is 9.46. The van der Waals surface area contributed by atoms with Gasteiger partial charge in [-0.1, -0.05) is 46.3 Å².